The van der Waals surface area contributed by atoms with Gasteiger partial charge in [0.05, 0.1) is 0 Å². The van der Waals surface area contributed by atoms with E-state index in [0.717, 1.165) is 5.56 Å². The minimum absolute atomic E-state index is 0.0793. The van der Waals surface area contributed by atoms with E-state index in [1.54, 1.807) is 6.20 Å². The molecule has 3 aromatic rings. The van der Waals surface area contributed by atoms with E-state index in [1.165, 1.54) is 10.8 Å². The molecule has 0 fully saturated rings. The highest BCUT2D eigenvalue weighted by atomic mass is 16.4. The maximum atomic E-state index is 12.3. The predicted molar refractivity (Wildman–Crippen MR) is 88.5 cm³/mol. The van der Waals surface area contributed by atoms with Crippen molar-refractivity contribution in [1.82, 2.24) is 19.9 Å². The second kappa shape index (κ2) is 7.00. The molecule has 0 unspecified atom stereocenters. The molecule has 2 aromatic heterocycles. The number of carbonyl (C=O) groups excluding carboxylic acids is 1. The van der Waals surface area contributed by atoms with Crippen LogP contribution in [0.15, 0.2) is 42.9 Å². The van der Waals surface area contributed by atoms with Crippen LogP contribution in [0.5, 0.6) is 5.75 Å². The SMILES string of the molecule is O=C(O)CNC(=O)c1c(O)c(CCc2ccccc2)cn2ncnc12. The van der Waals surface area contributed by atoms with Gasteiger partial charge in [0.2, 0.25) is 0 Å². The summed E-state index contributed by atoms with van der Waals surface area (Å²) in [6, 6.07) is 9.74. The number of carbonyl (C=O) groups is 2. The average Bonchev–Trinajstić information content (AvgIpc) is 3.06. The number of aromatic nitrogens is 3. The average molecular weight is 340 g/mol. The summed E-state index contributed by atoms with van der Waals surface area (Å²) in [4.78, 5) is 26.9. The molecular weight excluding hydrogens is 324 g/mol. The van der Waals surface area contributed by atoms with Crippen molar-refractivity contribution in [3.8, 4) is 5.75 Å². The van der Waals surface area contributed by atoms with E-state index >= 15 is 0 Å². The normalized spacial score (nSPS) is 10.7. The predicted octanol–water partition coefficient (Wildman–Crippen LogP) is 1.03. The van der Waals surface area contributed by atoms with Crippen LogP contribution in [0.25, 0.3) is 5.65 Å². The number of rotatable bonds is 6. The van der Waals surface area contributed by atoms with Crippen LogP contribution in [-0.2, 0) is 17.6 Å². The Morgan fingerprint density at radius 2 is 1.92 bits per heavy atom. The van der Waals surface area contributed by atoms with Crippen LogP contribution in [0.1, 0.15) is 21.5 Å². The first kappa shape index (κ1) is 16.4. The molecule has 0 aliphatic carbocycles. The van der Waals surface area contributed by atoms with Crippen molar-refractivity contribution in [2.24, 2.45) is 0 Å². The molecule has 8 nitrogen and oxygen atoms in total. The molecule has 25 heavy (non-hydrogen) atoms. The number of carboxylic acids is 1. The molecule has 3 rings (SSSR count). The minimum atomic E-state index is -1.18. The van der Waals surface area contributed by atoms with Gasteiger partial charge in [-0.3, -0.25) is 9.59 Å². The zero-order valence-corrected chi connectivity index (χ0v) is 13.2. The van der Waals surface area contributed by atoms with E-state index in [4.69, 9.17) is 5.11 Å². The molecule has 8 heteroatoms. The van der Waals surface area contributed by atoms with E-state index in [-0.39, 0.29) is 17.0 Å². The highest BCUT2D eigenvalue weighted by molar-refractivity contribution is 6.03. The van der Waals surface area contributed by atoms with E-state index in [9.17, 15) is 14.7 Å². The van der Waals surface area contributed by atoms with Crippen molar-refractivity contribution >= 4 is 17.5 Å². The third kappa shape index (κ3) is 3.57. The molecular formula is C17H16N4O4. The number of benzene rings is 1. The van der Waals surface area contributed by atoms with E-state index < -0.39 is 18.4 Å². The zero-order valence-electron chi connectivity index (χ0n) is 13.2. The second-order valence-corrected chi connectivity index (χ2v) is 5.47. The highest BCUT2D eigenvalue weighted by Gasteiger charge is 2.21. The third-order valence-corrected chi connectivity index (χ3v) is 3.77. The summed E-state index contributed by atoms with van der Waals surface area (Å²) in [6.45, 7) is -0.549. The molecule has 0 saturated heterocycles. The van der Waals surface area contributed by atoms with Crippen LogP contribution in [0.4, 0.5) is 0 Å². The minimum Gasteiger partial charge on any atom is -0.507 e. The third-order valence-electron chi connectivity index (χ3n) is 3.77. The topological polar surface area (TPSA) is 117 Å². The Morgan fingerprint density at radius 1 is 1.16 bits per heavy atom. The fourth-order valence-corrected chi connectivity index (χ4v) is 2.56. The molecule has 128 valence electrons. The Bertz CT molecular complexity index is 921. The summed E-state index contributed by atoms with van der Waals surface area (Å²) in [6.07, 6.45) is 4.05. The van der Waals surface area contributed by atoms with Gasteiger partial charge in [-0.25, -0.2) is 9.50 Å². The van der Waals surface area contributed by atoms with Crippen molar-refractivity contribution in [3.63, 3.8) is 0 Å². The molecule has 1 aromatic carbocycles. The molecule has 0 bridgehead atoms. The van der Waals surface area contributed by atoms with E-state index in [1.807, 2.05) is 30.3 Å². The summed E-state index contributed by atoms with van der Waals surface area (Å²) in [5.74, 6) is -2.09. The van der Waals surface area contributed by atoms with Crippen LogP contribution in [0.3, 0.4) is 0 Å². The van der Waals surface area contributed by atoms with Gasteiger partial charge in [0.1, 0.15) is 24.2 Å². The van der Waals surface area contributed by atoms with Crippen LogP contribution in [0, 0.1) is 0 Å². The van der Waals surface area contributed by atoms with Crippen molar-refractivity contribution in [3.05, 3.63) is 59.5 Å². The summed E-state index contributed by atoms with van der Waals surface area (Å²) in [5.41, 5.74) is 1.72. The monoisotopic (exact) mass is 340 g/mol. The molecule has 0 atom stereocenters. The summed E-state index contributed by atoms with van der Waals surface area (Å²) >= 11 is 0. The number of hydrogen-bond donors (Lipinski definition) is 3. The Hall–Kier alpha value is -3.42. The van der Waals surface area contributed by atoms with Crippen LogP contribution in [-0.4, -0.2) is 43.2 Å². The molecule has 0 radical (unpaired) electrons. The van der Waals surface area contributed by atoms with Gasteiger partial charge in [0.25, 0.3) is 5.91 Å². The van der Waals surface area contributed by atoms with Crippen molar-refractivity contribution in [2.45, 2.75) is 12.8 Å². The lowest BCUT2D eigenvalue weighted by molar-refractivity contribution is -0.135. The number of hydrogen-bond acceptors (Lipinski definition) is 5. The quantitative estimate of drug-likeness (QED) is 0.617. The van der Waals surface area contributed by atoms with Gasteiger partial charge in [-0.1, -0.05) is 30.3 Å². The lowest BCUT2D eigenvalue weighted by Crippen LogP contribution is -2.30. The van der Waals surface area contributed by atoms with Gasteiger partial charge < -0.3 is 15.5 Å². The van der Waals surface area contributed by atoms with Crippen LogP contribution >= 0.6 is 0 Å². The first-order valence-corrected chi connectivity index (χ1v) is 7.64. The van der Waals surface area contributed by atoms with Gasteiger partial charge in [0.15, 0.2) is 5.65 Å². The molecule has 1 amide bonds. The maximum absolute atomic E-state index is 12.3. The zero-order chi connectivity index (χ0) is 17.8. The molecule has 3 N–H and O–H groups in total. The summed E-state index contributed by atoms with van der Waals surface area (Å²) in [7, 11) is 0. The number of nitrogens with one attached hydrogen (secondary N) is 1. The molecule has 0 saturated carbocycles. The second-order valence-electron chi connectivity index (χ2n) is 5.47. The van der Waals surface area contributed by atoms with Gasteiger partial charge in [-0.15, -0.1) is 0 Å². The summed E-state index contributed by atoms with van der Waals surface area (Å²) < 4.78 is 1.40. The molecule has 0 spiro atoms. The Balaban J connectivity index is 1.92. The smallest absolute Gasteiger partial charge is 0.322 e. The number of aliphatic carboxylic acids is 1. The van der Waals surface area contributed by atoms with Gasteiger partial charge in [0, 0.05) is 11.8 Å². The van der Waals surface area contributed by atoms with Gasteiger partial charge in [-0.05, 0) is 18.4 Å². The largest absolute Gasteiger partial charge is 0.507 e. The Kier molecular flexibility index (Phi) is 4.60. The van der Waals surface area contributed by atoms with E-state index in [2.05, 4.69) is 15.4 Å². The van der Waals surface area contributed by atoms with Crippen LogP contribution in [0.2, 0.25) is 0 Å². The standard InChI is InChI=1S/C17H16N4O4/c22-13(23)8-18-17(25)14-15(24)12(9-21-16(14)19-10-20-21)7-6-11-4-2-1-3-5-11/h1-5,9-10,24H,6-8H2,(H,18,25)(H,22,23). The fraction of sp³-hybridized carbons (Fsp3) is 0.176. The first-order chi connectivity index (χ1) is 12.1. The van der Waals surface area contributed by atoms with Gasteiger partial charge in [-0.2, -0.15) is 5.10 Å². The number of nitrogens with zero attached hydrogens (tertiary/aromatic N) is 3. The van der Waals surface area contributed by atoms with Crippen molar-refractivity contribution < 1.29 is 19.8 Å². The number of fused-ring (bicyclic) bond motifs is 1. The Labute approximate surface area is 142 Å². The summed E-state index contributed by atoms with van der Waals surface area (Å²) in [5, 5.41) is 25.5. The lowest BCUT2D eigenvalue weighted by Gasteiger charge is -2.11. The van der Waals surface area contributed by atoms with E-state index in [0.29, 0.717) is 18.4 Å². The Morgan fingerprint density at radius 3 is 2.64 bits per heavy atom. The number of aromatic hydroxyl groups is 1. The highest BCUT2D eigenvalue weighted by Crippen LogP contribution is 2.27. The van der Waals surface area contributed by atoms with Crippen molar-refractivity contribution in [1.29, 1.82) is 0 Å². The number of carboxylic acid groups (broad SMARTS) is 1. The molecule has 0 aliphatic heterocycles. The lowest BCUT2D eigenvalue weighted by atomic mass is 10.0. The number of pyridine rings is 1. The van der Waals surface area contributed by atoms with Gasteiger partial charge >= 0.3 is 5.97 Å². The molecule has 2 heterocycles. The first-order valence-electron chi connectivity index (χ1n) is 7.64. The maximum Gasteiger partial charge on any atom is 0.322 e. The number of amides is 1. The van der Waals surface area contributed by atoms with Crippen molar-refractivity contribution in [2.75, 3.05) is 6.54 Å². The van der Waals surface area contributed by atoms with Crippen LogP contribution < -0.4 is 5.32 Å². The number of aryl methyl sites for hydroxylation is 2. The molecule has 0 aliphatic rings. The fourth-order valence-electron chi connectivity index (χ4n) is 2.56.